The molecule has 2 heterocycles. The highest BCUT2D eigenvalue weighted by atomic mass is 19.3. The molecule has 0 aliphatic rings. The van der Waals surface area contributed by atoms with Crippen molar-refractivity contribution in [3.8, 4) is 17.4 Å². The first kappa shape index (κ1) is 22.9. The first-order chi connectivity index (χ1) is 15.2. The number of rotatable bonds is 7. The van der Waals surface area contributed by atoms with Gasteiger partial charge >= 0.3 is 6.61 Å². The van der Waals surface area contributed by atoms with E-state index in [1.807, 2.05) is 20.8 Å². The average Bonchev–Trinajstić information content (AvgIpc) is 3.17. The Kier molecular flexibility index (Phi) is 6.82. The Morgan fingerprint density at radius 1 is 1.19 bits per heavy atom. The number of anilines is 1. The molecule has 0 saturated heterocycles. The number of hydrogen-bond donors (Lipinski definition) is 1. The number of benzene rings is 1. The van der Waals surface area contributed by atoms with Gasteiger partial charge in [-0.25, -0.2) is 9.97 Å². The molecule has 0 bridgehead atoms. The van der Waals surface area contributed by atoms with Crippen LogP contribution in [-0.2, 0) is 10.2 Å². The van der Waals surface area contributed by atoms with Crippen LogP contribution in [0.3, 0.4) is 0 Å². The highest BCUT2D eigenvalue weighted by Gasteiger charge is 2.22. The van der Waals surface area contributed by atoms with Crippen molar-refractivity contribution in [2.75, 3.05) is 12.4 Å². The molecule has 10 heteroatoms. The van der Waals surface area contributed by atoms with Gasteiger partial charge in [0.2, 0.25) is 5.91 Å². The fourth-order valence-electron chi connectivity index (χ4n) is 2.76. The minimum Gasteiger partial charge on any atom is -0.493 e. The van der Waals surface area contributed by atoms with E-state index < -0.39 is 12.5 Å². The summed E-state index contributed by atoms with van der Waals surface area (Å²) in [7, 11) is 1.34. The van der Waals surface area contributed by atoms with Crippen LogP contribution in [-0.4, -0.2) is 39.4 Å². The smallest absolute Gasteiger partial charge is 0.387 e. The fourth-order valence-corrected chi connectivity index (χ4v) is 2.76. The number of aromatic nitrogens is 4. The molecule has 3 rings (SSSR count). The van der Waals surface area contributed by atoms with Crippen molar-refractivity contribution in [1.29, 1.82) is 0 Å². The van der Waals surface area contributed by atoms with Gasteiger partial charge in [0.25, 0.3) is 5.95 Å². The maximum Gasteiger partial charge on any atom is 0.387 e. The average molecular weight is 443 g/mol. The number of amides is 1. The molecule has 0 saturated carbocycles. The Labute approximate surface area is 183 Å². The van der Waals surface area contributed by atoms with Gasteiger partial charge in [0.1, 0.15) is 5.82 Å². The Morgan fingerprint density at radius 3 is 2.53 bits per heavy atom. The van der Waals surface area contributed by atoms with E-state index in [2.05, 4.69) is 25.1 Å². The van der Waals surface area contributed by atoms with E-state index in [1.54, 1.807) is 30.6 Å². The number of hydrogen-bond acceptors (Lipinski definition) is 6. The van der Waals surface area contributed by atoms with Crippen molar-refractivity contribution in [3.63, 3.8) is 0 Å². The van der Waals surface area contributed by atoms with E-state index in [0.717, 1.165) is 5.69 Å². The van der Waals surface area contributed by atoms with Crippen molar-refractivity contribution >= 4 is 17.8 Å². The highest BCUT2D eigenvalue weighted by molar-refractivity contribution is 6.01. The van der Waals surface area contributed by atoms with E-state index in [1.165, 1.54) is 36.1 Å². The zero-order valence-corrected chi connectivity index (χ0v) is 18.0. The largest absolute Gasteiger partial charge is 0.493 e. The van der Waals surface area contributed by atoms with E-state index in [9.17, 15) is 13.6 Å². The number of carbonyl (C=O) groups is 1. The summed E-state index contributed by atoms with van der Waals surface area (Å²) in [5, 5.41) is 7.26. The molecule has 2 aromatic heterocycles. The lowest BCUT2D eigenvalue weighted by Crippen LogP contribution is -2.14. The molecule has 0 fully saturated rings. The number of methoxy groups -OCH3 is 1. The predicted molar refractivity (Wildman–Crippen MR) is 115 cm³/mol. The standard InChI is InChI=1S/C22H23F2N5O3/c1-22(2,3)16-13-17(29(28-16)21-25-11-6-12-26-21)27-18(30)10-9-14-7-5-8-15(31-4)19(14)32-20(23)24/h5-13,20H,1-4H3,(H,27,30)/b10-9+. The van der Waals surface area contributed by atoms with Gasteiger partial charge in [-0.15, -0.1) is 0 Å². The Hall–Kier alpha value is -3.82. The molecule has 32 heavy (non-hydrogen) atoms. The zero-order valence-electron chi connectivity index (χ0n) is 18.0. The summed E-state index contributed by atoms with van der Waals surface area (Å²) in [4.78, 5) is 21.0. The first-order valence-electron chi connectivity index (χ1n) is 9.68. The van der Waals surface area contributed by atoms with Crippen LogP contribution in [0.15, 0.2) is 48.8 Å². The lowest BCUT2D eigenvalue weighted by Gasteiger charge is -2.13. The monoisotopic (exact) mass is 443 g/mol. The molecule has 0 aliphatic heterocycles. The number of alkyl halides is 2. The molecule has 0 radical (unpaired) electrons. The highest BCUT2D eigenvalue weighted by Crippen LogP contribution is 2.33. The number of nitrogens with one attached hydrogen (secondary N) is 1. The van der Waals surface area contributed by atoms with Crippen molar-refractivity contribution in [2.24, 2.45) is 0 Å². The lowest BCUT2D eigenvalue weighted by atomic mass is 9.92. The Balaban J connectivity index is 1.89. The molecular formula is C22H23F2N5O3. The predicted octanol–water partition coefficient (Wildman–Crippen LogP) is 4.22. The molecule has 3 aromatic rings. The second kappa shape index (κ2) is 9.54. The number of halogens is 2. The van der Waals surface area contributed by atoms with Crippen LogP contribution in [0.4, 0.5) is 14.6 Å². The van der Waals surface area contributed by atoms with Crippen molar-refractivity contribution in [2.45, 2.75) is 32.8 Å². The summed E-state index contributed by atoms with van der Waals surface area (Å²) in [5.41, 5.74) is 0.706. The third-order valence-electron chi connectivity index (χ3n) is 4.32. The van der Waals surface area contributed by atoms with Gasteiger partial charge in [-0.1, -0.05) is 32.9 Å². The van der Waals surface area contributed by atoms with Gasteiger partial charge in [0.05, 0.1) is 12.8 Å². The van der Waals surface area contributed by atoms with E-state index in [-0.39, 0.29) is 22.5 Å². The quantitative estimate of drug-likeness (QED) is 0.550. The molecule has 8 nitrogen and oxygen atoms in total. The molecule has 0 spiro atoms. The summed E-state index contributed by atoms with van der Waals surface area (Å²) in [6.45, 7) is 2.93. The number of nitrogens with zero attached hydrogens (tertiary/aromatic N) is 4. The van der Waals surface area contributed by atoms with Crippen molar-refractivity contribution in [3.05, 3.63) is 60.1 Å². The third-order valence-corrected chi connectivity index (χ3v) is 4.32. The molecule has 1 amide bonds. The maximum absolute atomic E-state index is 12.8. The van der Waals surface area contributed by atoms with Crippen molar-refractivity contribution < 1.29 is 23.0 Å². The number of ether oxygens (including phenoxy) is 2. The SMILES string of the molecule is COc1cccc(/C=C/C(=O)Nc2cc(C(C)(C)C)nn2-c2ncccn2)c1OC(F)F. The van der Waals surface area contributed by atoms with E-state index in [0.29, 0.717) is 11.8 Å². The zero-order chi connectivity index (χ0) is 23.3. The van der Waals surface area contributed by atoms with Crippen LogP contribution in [0.1, 0.15) is 32.0 Å². The van der Waals surface area contributed by atoms with Crippen LogP contribution in [0.25, 0.3) is 12.0 Å². The molecule has 1 aromatic carbocycles. The molecule has 0 unspecified atom stereocenters. The van der Waals surface area contributed by atoms with Crippen LogP contribution >= 0.6 is 0 Å². The summed E-state index contributed by atoms with van der Waals surface area (Å²) in [6.07, 6.45) is 5.70. The molecule has 0 aliphatic carbocycles. The summed E-state index contributed by atoms with van der Waals surface area (Å²) in [6, 6.07) is 8.03. The Bertz CT molecular complexity index is 1110. The van der Waals surface area contributed by atoms with E-state index in [4.69, 9.17) is 4.74 Å². The van der Waals surface area contributed by atoms with Crippen LogP contribution in [0, 0.1) is 0 Å². The molecule has 168 valence electrons. The number of para-hydroxylation sites is 1. The molecule has 1 N–H and O–H groups in total. The minimum absolute atomic E-state index is 0.127. The van der Waals surface area contributed by atoms with Crippen molar-refractivity contribution in [1.82, 2.24) is 19.7 Å². The summed E-state index contributed by atoms with van der Waals surface area (Å²) >= 11 is 0. The lowest BCUT2D eigenvalue weighted by molar-refractivity contribution is -0.111. The van der Waals surface area contributed by atoms with Gasteiger partial charge in [-0.3, -0.25) is 4.79 Å². The topological polar surface area (TPSA) is 91.2 Å². The summed E-state index contributed by atoms with van der Waals surface area (Å²) in [5.74, 6) is 0.121. The van der Waals surface area contributed by atoms with Crippen LogP contribution < -0.4 is 14.8 Å². The normalized spacial score (nSPS) is 11.7. The van der Waals surface area contributed by atoms with Crippen LogP contribution in [0.2, 0.25) is 0 Å². The molecular weight excluding hydrogens is 420 g/mol. The summed E-state index contributed by atoms with van der Waals surface area (Å²) < 4.78 is 36.7. The molecule has 0 atom stereocenters. The van der Waals surface area contributed by atoms with Crippen LogP contribution in [0.5, 0.6) is 11.5 Å². The third kappa shape index (κ3) is 5.45. The fraction of sp³-hybridized carbons (Fsp3) is 0.273. The second-order valence-corrected chi connectivity index (χ2v) is 7.71. The minimum atomic E-state index is -3.04. The van der Waals surface area contributed by atoms with E-state index >= 15 is 0 Å². The van der Waals surface area contributed by atoms with Gasteiger partial charge < -0.3 is 14.8 Å². The number of carbonyl (C=O) groups excluding carboxylic acids is 1. The van der Waals surface area contributed by atoms with Gasteiger partial charge in [0, 0.05) is 35.5 Å². The second-order valence-electron chi connectivity index (χ2n) is 7.71. The Morgan fingerprint density at radius 2 is 1.91 bits per heavy atom. The van der Waals surface area contributed by atoms with Gasteiger partial charge in [0.15, 0.2) is 11.5 Å². The van der Waals surface area contributed by atoms with Gasteiger partial charge in [-0.05, 0) is 18.2 Å². The maximum atomic E-state index is 12.8. The first-order valence-corrected chi connectivity index (χ1v) is 9.68. The van der Waals surface area contributed by atoms with Gasteiger partial charge in [-0.2, -0.15) is 18.6 Å².